The van der Waals surface area contributed by atoms with Crippen molar-refractivity contribution >= 4 is 35.0 Å². The van der Waals surface area contributed by atoms with Gasteiger partial charge < -0.3 is 15.5 Å². The molecule has 0 bridgehead atoms. The van der Waals surface area contributed by atoms with Gasteiger partial charge >= 0.3 is 5.97 Å². The number of nitrogens with two attached hydrogens (primary N) is 1. The largest absolute Gasteiger partial charge is 0.465 e. The molecule has 1 aromatic carbocycles. The van der Waals surface area contributed by atoms with E-state index < -0.39 is 5.97 Å². The second kappa shape index (κ2) is 4.92. The van der Waals surface area contributed by atoms with E-state index in [1.54, 1.807) is 24.3 Å². The summed E-state index contributed by atoms with van der Waals surface area (Å²) in [4.78, 5) is 14.3. The minimum atomic E-state index is -0.500. The van der Waals surface area contributed by atoms with Crippen LogP contribution in [0.25, 0.3) is 11.3 Å². The molecule has 0 fully saturated rings. The number of esters is 1. The first-order valence-electron chi connectivity index (χ1n) is 5.05. The van der Waals surface area contributed by atoms with Crippen molar-refractivity contribution in [2.75, 3.05) is 12.8 Å². The average molecular weight is 285 g/mol. The lowest BCUT2D eigenvalue weighted by Gasteiger charge is -2.01. The number of hydrogen-bond donors (Lipinski definition) is 2. The Morgan fingerprint density at radius 1 is 1.33 bits per heavy atom. The summed E-state index contributed by atoms with van der Waals surface area (Å²) in [6, 6.07) is 6.66. The lowest BCUT2D eigenvalue weighted by Crippen LogP contribution is -2.02. The highest BCUT2D eigenvalue weighted by Crippen LogP contribution is 2.31. The van der Waals surface area contributed by atoms with Crippen molar-refractivity contribution < 1.29 is 9.53 Å². The van der Waals surface area contributed by atoms with Crippen molar-refractivity contribution in [2.24, 2.45) is 0 Å². The molecule has 0 spiro atoms. The second-order valence-corrected chi connectivity index (χ2v) is 4.47. The summed E-state index contributed by atoms with van der Waals surface area (Å²) < 4.78 is 4.62. The minimum Gasteiger partial charge on any atom is -0.465 e. The normalized spacial score (nSPS) is 10.4. The highest BCUT2D eigenvalue weighted by atomic mass is 35.5. The Balaban J connectivity index is 2.49. The van der Waals surface area contributed by atoms with Crippen LogP contribution in [0.4, 0.5) is 5.82 Å². The number of ether oxygens (including phenoxy) is 1. The fourth-order valence-corrected chi connectivity index (χ4v) is 2.11. The first-order valence-corrected chi connectivity index (χ1v) is 5.80. The summed E-state index contributed by atoms with van der Waals surface area (Å²) >= 11 is 11.9. The summed E-state index contributed by atoms with van der Waals surface area (Å²) in [7, 11) is 1.30. The number of carbonyl (C=O) groups is 1. The lowest BCUT2D eigenvalue weighted by atomic mass is 10.1. The average Bonchev–Trinajstić information content (AvgIpc) is 2.70. The number of aromatic amines is 1. The Bertz CT molecular complexity index is 608. The Labute approximate surface area is 114 Å². The van der Waals surface area contributed by atoms with E-state index in [2.05, 4.69) is 9.72 Å². The van der Waals surface area contributed by atoms with Crippen LogP contribution in [-0.2, 0) is 4.74 Å². The Morgan fingerprint density at radius 2 is 2.06 bits per heavy atom. The van der Waals surface area contributed by atoms with Crippen molar-refractivity contribution in [3.8, 4) is 11.3 Å². The first-order chi connectivity index (χ1) is 8.52. The number of methoxy groups -OCH3 is 1. The van der Waals surface area contributed by atoms with Gasteiger partial charge in [-0.1, -0.05) is 23.2 Å². The van der Waals surface area contributed by atoms with Crippen LogP contribution >= 0.6 is 23.2 Å². The number of aromatic nitrogens is 1. The van der Waals surface area contributed by atoms with Crippen LogP contribution in [0.3, 0.4) is 0 Å². The zero-order valence-electron chi connectivity index (χ0n) is 9.46. The predicted molar refractivity (Wildman–Crippen MR) is 72.0 cm³/mol. The van der Waals surface area contributed by atoms with E-state index in [9.17, 15) is 4.79 Å². The minimum absolute atomic E-state index is 0.239. The van der Waals surface area contributed by atoms with E-state index in [0.29, 0.717) is 21.3 Å². The van der Waals surface area contributed by atoms with Crippen molar-refractivity contribution in [3.63, 3.8) is 0 Å². The van der Waals surface area contributed by atoms with Crippen molar-refractivity contribution in [2.45, 2.75) is 0 Å². The van der Waals surface area contributed by atoms with Gasteiger partial charge in [0.25, 0.3) is 0 Å². The van der Waals surface area contributed by atoms with Crippen molar-refractivity contribution in [1.29, 1.82) is 0 Å². The topological polar surface area (TPSA) is 68.1 Å². The number of anilines is 1. The molecule has 4 nitrogen and oxygen atoms in total. The van der Waals surface area contributed by atoms with E-state index in [1.807, 2.05) is 0 Å². The van der Waals surface area contributed by atoms with Gasteiger partial charge in [-0.2, -0.15) is 0 Å². The number of benzene rings is 1. The van der Waals surface area contributed by atoms with Crippen LogP contribution in [0, 0.1) is 0 Å². The molecular weight excluding hydrogens is 275 g/mol. The third-order valence-corrected chi connectivity index (χ3v) is 3.02. The lowest BCUT2D eigenvalue weighted by molar-refractivity contribution is 0.0602. The van der Waals surface area contributed by atoms with E-state index in [4.69, 9.17) is 28.9 Å². The summed E-state index contributed by atoms with van der Waals surface area (Å²) in [5, 5.41) is 1.01. The van der Waals surface area contributed by atoms with E-state index in [1.165, 1.54) is 7.11 Å². The summed E-state index contributed by atoms with van der Waals surface area (Å²) in [6.45, 7) is 0. The molecule has 0 saturated heterocycles. The maximum atomic E-state index is 11.4. The first kappa shape index (κ1) is 12.8. The SMILES string of the molecule is COC(=O)c1cc(-c2ccc(Cl)cc2Cl)[nH]c1N. The van der Waals surface area contributed by atoms with Crippen molar-refractivity contribution in [1.82, 2.24) is 4.98 Å². The van der Waals surface area contributed by atoms with Crippen LogP contribution in [0.1, 0.15) is 10.4 Å². The fraction of sp³-hybridized carbons (Fsp3) is 0.0833. The molecule has 1 aromatic heterocycles. The number of nitrogens with one attached hydrogen (secondary N) is 1. The molecule has 1 heterocycles. The van der Waals surface area contributed by atoms with E-state index in [0.717, 1.165) is 0 Å². The predicted octanol–water partition coefficient (Wildman–Crippen LogP) is 3.36. The molecule has 0 aliphatic rings. The fourth-order valence-electron chi connectivity index (χ4n) is 1.60. The van der Waals surface area contributed by atoms with Gasteiger partial charge in [0.2, 0.25) is 0 Å². The molecular formula is C12H10Cl2N2O2. The monoisotopic (exact) mass is 284 g/mol. The van der Waals surface area contributed by atoms with Gasteiger partial charge in [0, 0.05) is 16.3 Å². The van der Waals surface area contributed by atoms with Crippen LogP contribution in [0.2, 0.25) is 10.0 Å². The molecule has 0 saturated carbocycles. The molecule has 0 radical (unpaired) electrons. The molecule has 2 aromatic rings. The van der Waals surface area contributed by atoms with Gasteiger partial charge in [0.1, 0.15) is 11.4 Å². The highest BCUT2D eigenvalue weighted by molar-refractivity contribution is 6.36. The molecule has 18 heavy (non-hydrogen) atoms. The number of hydrogen-bond acceptors (Lipinski definition) is 3. The van der Waals surface area contributed by atoms with Crippen LogP contribution in [0.5, 0.6) is 0 Å². The van der Waals surface area contributed by atoms with Gasteiger partial charge in [-0.15, -0.1) is 0 Å². The molecule has 0 amide bonds. The molecule has 3 N–H and O–H groups in total. The smallest absolute Gasteiger partial charge is 0.341 e. The van der Waals surface area contributed by atoms with Crippen LogP contribution < -0.4 is 5.73 Å². The Hall–Kier alpha value is -1.65. The number of carbonyl (C=O) groups excluding carboxylic acids is 1. The number of rotatable bonds is 2. The molecule has 94 valence electrons. The molecule has 0 unspecified atom stereocenters. The summed E-state index contributed by atoms with van der Waals surface area (Å²) in [6.07, 6.45) is 0. The maximum absolute atomic E-state index is 11.4. The van der Waals surface area contributed by atoms with E-state index in [-0.39, 0.29) is 11.4 Å². The highest BCUT2D eigenvalue weighted by Gasteiger charge is 2.16. The second-order valence-electron chi connectivity index (χ2n) is 3.63. The summed E-state index contributed by atoms with van der Waals surface area (Å²) in [5.41, 5.74) is 7.33. The zero-order valence-corrected chi connectivity index (χ0v) is 11.0. The van der Waals surface area contributed by atoms with Gasteiger partial charge in [0.05, 0.1) is 12.1 Å². The number of halogens is 2. The Morgan fingerprint density at radius 3 is 2.67 bits per heavy atom. The van der Waals surface area contributed by atoms with Crippen LogP contribution in [-0.4, -0.2) is 18.1 Å². The third-order valence-electron chi connectivity index (χ3n) is 2.47. The van der Waals surface area contributed by atoms with Gasteiger partial charge in [-0.3, -0.25) is 0 Å². The molecule has 6 heteroatoms. The molecule has 0 atom stereocenters. The molecule has 2 rings (SSSR count). The third kappa shape index (κ3) is 2.30. The van der Waals surface area contributed by atoms with E-state index >= 15 is 0 Å². The number of nitrogen functional groups attached to an aromatic ring is 1. The van der Waals surface area contributed by atoms with Gasteiger partial charge in [0.15, 0.2) is 0 Å². The van der Waals surface area contributed by atoms with Crippen molar-refractivity contribution in [3.05, 3.63) is 39.9 Å². The molecule has 0 aliphatic heterocycles. The summed E-state index contributed by atoms with van der Waals surface area (Å²) in [5.74, 6) is -0.261. The maximum Gasteiger partial charge on any atom is 0.341 e. The van der Waals surface area contributed by atoms with Gasteiger partial charge in [-0.25, -0.2) is 4.79 Å². The number of H-pyrrole nitrogens is 1. The quantitative estimate of drug-likeness (QED) is 0.831. The standard InChI is InChI=1S/C12H10Cl2N2O2/c1-18-12(17)8-5-10(16-11(8)15)7-3-2-6(13)4-9(7)14/h2-5,16H,15H2,1H3. The molecule has 0 aliphatic carbocycles. The van der Waals surface area contributed by atoms with Gasteiger partial charge in [-0.05, 0) is 24.3 Å². The zero-order chi connectivity index (χ0) is 13.3. The Kier molecular flexibility index (Phi) is 3.50. The van der Waals surface area contributed by atoms with Crippen LogP contribution in [0.15, 0.2) is 24.3 Å².